The van der Waals surface area contributed by atoms with Crippen LogP contribution >= 0.6 is 0 Å². The van der Waals surface area contributed by atoms with Crippen molar-refractivity contribution in [2.75, 3.05) is 27.3 Å². The molecule has 1 N–H and O–H groups in total. The number of nitrogens with zero attached hydrogens (tertiary/aromatic N) is 2. The molecule has 0 bridgehead atoms. The molecule has 0 spiro atoms. The lowest BCUT2D eigenvalue weighted by Gasteiger charge is -2.19. The molecular formula is C10H15N3O6S. The van der Waals surface area contributed by atoms with Gasteiger partial charge in [-0.2, -0.15) is 9.40 Å². The summed E-state index contributed by atoms with van der Waals surface area (Å²) >= 11 is 0. The van der Waals surface area contributed by atoms with Gasteiger partial charge in [-0.3, -0.25) is 14.7 Å². The molecule has 1 aromatic rings. The van der Waals surface area contributed by atoms with Gasteiger partial charge in [-0.25, -0.2) is 8.42 Å². The van der Waals surface area contributed by atoms with E-state index in [0.29, 0.717) is 10.00 Å². The van der Waals surface area contributed by atoms with Gasteiger partial charge in [-0.15, -0.1) is 0 Å². The fourth-order valence-electron chi connectivity index (χ4n) is 1.38. The highest BCUT2D eigenvalue weighted by molar-refractivity contribution is 7.89. The van der Waals surface area contributed by atoms with E-state index in [1.807, 2.05) is 0 Å². The van der Waals surface area contributed by atoms with Crippen molar-refractivity contribution >= 4 is 22.0 Å². The van der Waals surface area contributed by atoms with Crippen LogP contribution in [-0.4, -0.2) is 62.2 Å². The number of aromatic amines is 1. The van der Waals surface area contributed by atoms with E-state index >= 15 is 0 Å². The van der Waals surface area contributed by atoms with Crippen LogP contribution < -0.4 is 0 Å². The van der Waals surface area contributed by atoms with E-state index in [1.165, 1.54) is 6.92 Å². The number of carbonyl (C=O) groups is 2. The third kappa shape index (κ3) is 3.54. The maximum absolute atomic E-state index is 12.4. The van der Waals surface area contributed by atoms with Crippen molar-refractivity contribution in [2.24, 2.45) is 0 Å². The standard InChI is InChI=1S/C10H15N3O6S/c1-7-8(4-11-12-7)20(16,17)13(5-9(14)18-2)6-10(15)19-3/h4H,5-6H2,1-3H3,(H,11,12). The van der Waals surface area contributed by atoms with Gasteiger partial charge >= 0.3 is 11.9 Å². The summed E-state index contributed by atoms with van der Waals surface area (Å²) in [5, 5.41) is 6.08. The smallest absolute Gasteiger partial charge is 0.321 e. The molecule has 0 aliphatic heterocycles. The average molecular weight is 305 g/mol. The summed E-state index contributed by atoms with van der Waals surface area (Å²) in [6.07, 6.45) is 1.10. The SMILES string of the molecule is COC(=O)CN(CC(=O)OC)S(=O)(=O)c1cn[nH]c1C. The molecule has 1 heterocycles. The van der Waals surface area contributed by atoms with Crippen molar-refractivity contribution < 1.29 is 27.5 Å². The first-order valence-corrected chi connectivity index (χ1v) is 6.90. The number of rotatable bonds is 6. The molecule has 0 aromatic carbocycles. The summed E-state index contributed by atoms with van der Waals surface area (Å²) in [5.74, 6) is -1.59. The van der Waals surface area contributed by atoms with Crippen LogP contribution in [0.15, 0.2) is 11.1 Å². The predicted octanol–water partition coefficient (Wildman–Crippen LogP) is -0.945. The maximum Gasteiger partial charge on any atom is 0.321 e. The average Bonchev–Trinajstić information content (AvgIpc) is 2.84. The van der Waals surface area contributed by atoms with E-state index in [4.69, 9.17) is 0 Å². The lowest BCUT2D eigenvalue weighted by Crippen LogP contribution is -2.40. The molecule has 0 unspecified atom stereocenters. The van der Waals surface area contributed by atoms with Crippen LogP contribution in [0.2, 0.25) is 0 Å². The number of aryl methyl sites for hydroxylation is 1. The summed E-state index contributed by atoms with van der Waals surface area (Å²) < 4.78 is 34.2. The maximum atomic E-state index is 12.4. The second-order valence-electron chi connectivity index (χ2n) is 3.78. The van der Waals surface area contributed by atoms with E-state index < -0.39 is 35.1 Å². The normalized spacial score (nSPS) is 11.4. The van der Waals surface area contributed by atoms with Crippen molar-refractivity contribution in [3.8, 4) is 0 Å². The van der Waals surface area contributed by atoms with Gasteiger partial charge in [-0.05, 0) is 6.92 Å². The molecule has 0 aliphatic rings. The molecule has 10 heteroatoms. The Morgan fingerprint density at radius 1 is 1.25 bits per heavy atom. The summed E-state index contributed by atoms with van der Waals surface area (Å²) in [6, 6.07) is 0. The Morgan fingerprint density at radius 2 is 1.75 bits per heavy atom. The van der Waals surface area contributed by atoms with E-state index in [0.717, 1.165) is 20.4 Å². The van der Waals surface area contributed by atoms with Gasteiger partial charge in [-0.1, -0.05) is 0 Å². The number of sulfonamides is 1. The number of hydrogen-bond donors (Lipinski definition) is 1. The Morgan fingerprint density at radius 3 is 2.10 bits per heavy atom. The number of carbonyl (C=O) groups excluding carboxylic acids is 2. The second kappa shape index (κ2) is 6.48. The zero-order valence-corrected chi connectivity index (χ0v) is 12.1. The van der Waals surface area contributed by atoms with E-state index in [1.54, 1.807) is 0 Å². The highest BCUT2D eigenvalue weighted by Gasteiger charge is 2.31. The minimum atomic E-state index is -4.06. The Bertz CT molecular complexity index is 576. The van der Waals surface area contributed by atoms with Crippen LogP contribution in [0.1, 0.15) is 5.69 Å². The van der Waals surface area contributed by atoms with Crippen molar-refractivity contribution in [1.29, 1.82) is 0 Å². The molecule has 112 valence electrons. The molecule has 0 amide bonds. The fourth-order valence-corrected chi connectivity index (χ4v) is 2.83. The van der Waals surface area contributed by atoms with Crippen molar-refractivity contribution in [3.63, 3.8) is 0 Å². The lowest BCUT2D eigenvalue weighted by atomic mass is 10.5. The van der Waals surface area contributed by atoms with Gasteiger partial charge < -0.3 is 9.47 Å². The predicted molar refractivity (Wildman–Crippen MR) is 66.1 cm³/mol. The van der Waals surface area contributed by atoms with Gasteiger partial charge in [0.25, 0.3) is 0 Å². The number of aromatic nitrogens is 2. The van der Waals surface area contributed by atoms with Gasteiger partial charge in [0.15, 0.2) is 0 Å². The number of nitrogens with one attached hydrogen (secondary N) is 1. The molecule has 0 saturated heterocycles. The van der Waals surface area contributed by atoms with Crippen molar-refractivity contribution in [2.45, 2.75) is 11.8 Å². The Labute approximate surface area is 115 Å². The molecule has 0 fully saturated rings. The molecule has 1 aromatic heterocycles. The quantitative estimate of drug-likeness (QED) is 0.673. The Hall–Kier alpha value is -1.94. The first kappa shape index (κ1) is 16.1. The number of esters is 2. The van der Waals surface area contributed by atoms with Gasteiger partial charge in [0, 0.05) is 0 Å². The first-order valence-electron chi connectivity index (χ1n) is 5.46. The highest BCUT2D eigenvalue weighted by Crippen LogP contribution is 2.17. The third-order valence-corrected chi connectivity index (χ3v) is 4.37. The molecule has 1 rings (SSSR count). The van der Waals surface area contributed by atoms with E-state index in [9.17, 15) is 18.0 Å². The second-order valence-corrected chi connectivity index (χ2v) is 5.69. The van der Waals surface area contributed by atoms with Gasteiger partial charge in [0.1, 0.15) is 18.0 Å². The van der Waals surface area contributed by atoms with Crippen LogP contribution in [-0.2, 0) is 29.1 Å². The van der Waals surface area contributed by atoms with Crippen LogP contribution in [0.5, 0.6) is 0 Å². The minimum absolute atomic E-state index is 0.120. The summed E-state index contributed by atoms with van der Waals surface area (Å²) in [4.78, 5) is 22.5. The van der Waals surface area contributed by atoms with Crippen LogP contribution in [0.3, 0.4) is 0 Å². The molecule has 0 atom stereocenters. The highest BCUT2D eigenvalue weighted by atomic mass is 32.2. The lowest BCUT2D eigenvalue weighted by molar-refractivity contribution is -0.143. The number of ether oxygens (including phenoxy) is 2. The van der Waals surface area contributed by atoms with Gasteiger partial charge in [0.2, 0.25) is 10.0 Å². The van der Waals surface area contributed by atoms with Crippen LogP contribution in [0.4, 0.5) is 0 Å². The third-order valence-electron chi connectivity index (χ3n) is 2.47. The van der Waals surface area contributed by atoms with E-state index in [2.05, 4.69) is 19.7 Å². The summed E-state index contributed by atoms with van der Waals surface area (Å²) in [7, 11) is -1.82. The summed E-state index contributed by atoms with van der Waals surface area (Å²) in [6.45, 7) is 0.311. The molecular weight excluding hydrogens is 290 g/mol. The van der Waals surface area contributed by atoms with E-state index in [-0.39, 0.29) is 4.90 Å². The minimum Gasteiger partial charge on any atom is -0.468 e. The Kier molecular flexibility index (Phi) is 5.22. The fraction of sp³-hybridized carbons (Fsp3) is 0.500. The largest absolute Gasteiger partial charge is 0.468 e. The zero-order chi connectivity index (χ0) is 15.3. The van der Waals surface area contributed by atoms with Crippen LogP contribution in [0, 0.1) is 6.92 Å². The molecule has 0 aliphatic carbocycles. The first-order chi connectivity index (χ1) is 9.32. The monoisotopic (exact) mass is 305 g/mol. The number of methoxy groups -OCH3 is 2. The number of hydrogen-bond acceptors (Lipinski definition) is 7. The molecule has 20 heavy (non-hydrogen) atoms. The zero-order valence-electron chi connectivity index (χ0n) is 11.2. The van der Waals surface area contributed by atoms with Crippen molar-refractivity contribution in [1.82, 2.24) is 14.5 Å². The van der Waals surface area contributed by atoms with Crippen LogP contribution in [0.25, 0.3) is 0 Å². The number of H-pyrrole nitrogens is 1. The molecule has 0 radical (unpaired) electrons. The molecule has 0 saturated carbocycles. The van der Waals surface area contributed by atoms with Crippen molar-refractivity contribution in [3.05, 3.63) is 11.9 Å². The molecule has 9 nitrogen and oxygen atoms in total. The Balaban J connectivity index is 3.12. The topological polar surface area (TPSA) is 119 Å². The van der Waals surface area contributed by atoms with Gasteiger partial charge in [0.05, 0.1) is 26.1 Å². The summed E-state index contributed by atoms with van der Waals surface area (Å²) in [5.41, 5.74) is 0.296.